The van der Waals surface area contributed by atoms with E-state index in [0.717, 1.165) is 70.7 Å². The van der Waals surface area contributed by atoms with Crippen LogP contribution in [0.25, 0.3) is 44.8 Å². The molecule has 3 aromatic heterocycles. The van der Waals surface area contributed by atoms with Crippen LogP contribution in [0, 0.1) is 5.92 Å². The smallest absolute Gasteiger partial charge is 0.232 e. The van der Waals surface area contributed by atoms with E-state index in [1.165, 1.54) is 0 Å². The SMILES string of the molecule is Cl.c1cc(-c2ccc(-c3ncc(OCC4CCNCC4)nc3-c3ccc(-c4ccncc4)cc3)cc2)ccn1. The normalized spacial score (nSPS) is 13.4. The molecule has 7 heteroatoms. The molecular weight excluding hydrogens is 506 g/mol. The van der Waals surface area contributed by atoms with E-state index < -0.39 is 0 Å². The first kappa shape index (κ1) is 26.5. The monoisotopic (exact) mass is 535 g/mol. The average molecular weight is 536 g/mol. The zero-order chi connectivity index (χ0) is 25.6. The van der Waals surface area contributed by atoms with E-state index in [0.29, 0.717) is 18.4 Å². The third-order valence-corrected chi connectivity index (χ3v) is 7.02. The number of halogens is 1. The molecule has 1 aliphatic heterocycles. The summed E-state index contributed by atoms with van der Waals surface area (Å²) >= 11 is 0. The van der Waals surface area contributed by atoms with Crippen LogP contribution in [0.3, 0.4) is 0 Å². The van der Waals surface area contributed by atoms with Crippen LogP contribution >= 0.6 is 12.4 Å². The van der Waals surface area contributed by atoms with Gasteiger partial charge in [0.1, 0.15) is 5.69 Å². The molecule has 0 aliphatic carbocycles. The number of ether oxygens (including phenoxy) is 1. The fourth-order valence-electron chi connectivity index (χ4n) is 4.84. The third kappa shape index (κ3) is 6.30. The highest BCUT2D eigenvalue weighted by Crippen LogP contribution is 2.33. The van der Waals surface area contributed by atoms with E-state index in [1.54, 1.807) is 6.20 Å². The molecule has 5 aromatic rings. The Morgan fingerprint density at radius 2 is 1.08 bits per heavy atom. The molecule has 0 radical (unpaired) electrons. The van der Waals surface area contributed by atoms with E-state index >= 15 is 0 Å². The minimum atomic E-state index is 0. The molecule has 1 saturated heterocycles. The van der Waals surface area contributed by atoms with Crippen molar-refractivity contribution in [2.24, 2.45) is 5.92 Å². The number of hydrogen-bond acceptors (Lipinski definition) is 6. The van der Waals surface area contributed by atoms with Crippen LogP contribution < -0.4 is 10.1 Å². The van der Waals surface area contributed by atoms with Crippen molar-refractivity contribution in [2.45, 2.75) is 12.8 Å². The molecule has 0 saturated carbocycles. The Morgan fingerprint density at radius 1 is 0.615 bits per heavy atom. The molecule has 0 unspecified atom stereocenters. The molecule has 1 N–H and O–H groups in total. The second-order valence-corrected chi connectivity index (χ2v) is 9.54. The van der Waals surface area contributed by atoms with Gasteiger partial charge in [-0.15, -0.1) is 12.4 Å². The molecule has 39 heavy (non-hydrogen) atoms. The highest BCUT2D eigenvalue weighted by molar-refractivity contribution is 5.85. The Labute approximate surface area is 235 Å². The van der Waals surface area contributed by atoms with Crippen LogP contribution in [-0.2, 0) is 0 Å². The predicted octanol–water partition coefficient (Wildman–Crippen LogP) is 6.73. The first-order chi connectivity index (χ1) is 18.8. The fourth-order valence-corrected chi connectivity index (χ4v) is 4.84. The number of piperidine rings is 1. The lowest BCUT2D eigenvalue weighted by Crippen LogP contribution is -2.30. The van der Waals surface area contributed by atoms with Gasteiger partial charge in [-0.2, -0.15) is 0 Å². The molecule has 6 rings (SSSR count). The van der Waals surface area contributed by atoms with Gasteiger partial charge < -0.3 is 10.1 Å². The number of nitrogens with zero attached hydrogens (tertiary/aromatic N) is 4. The maximum atomic E-state index is 6.15. The van der Waals surface area contributed by atoms with Crippen molar-refractivity contribution in [2.75, 3.05) is 19.7 Å². The van der Waals surface area contributed by atoms with E-state index in [9.17, 15) is 0 Å². The minimum absolute atomic E-state index is 0. The topological polar surface area (TPSA) is 72.8 Å². The Kier molecular flexibility index (Phi) is 8.56. The van der Waals surface area contributed by atoms with E-state index in [1.807, 2.05) is 49.1 Å². The largest absolute Gasteiger partial charge is 0.476 e. The molecule has 0 amide bonds. The lowest BCUT2D eigenvalue weighted by Gasteiger charge is -2.22. The van der Waals surface area contributed by atoms with Gasteiger partial charge in [0, 0.05) is 35.9 Å². The van der Waals surface area contributed by atoms with Gasteiger partial charge in [0.25, 0.3) is 0 Å². The van der Waals surface area contributed by atoms with Gasteiger partial charge in [0.05, 0.1) is 18.5 Å². The lowest BCUT2D eigenvalue weighted by atomic mass is 9.99. The Hall–Kier alpha value is -4.13. The molecular formula is C32H30ClN5O. The van der Waals surface area contributed by atoms with Crippen molar-refractivity contribution in [3.05, 3.63) is 104 Å². The van der Waals surface area contributed by atoms with Crippen LogP contribution in [0.2, 0.25) is 0 Å². The van der Waals surface area contributed by atoms with Crippen LogP contribution in [-0.4, -0.2) is 39.6 Å². The quantitative estimate of drug-likeness (QED) is 0.249. The molecule has 196 valence electrons. The zero-order valence-corrected chi connectivity index (χ0v) is 22.3. The van der Waals surface area contributed by atoms with Gasteiger partial charge in [-0.05, 0) is 78.4 Å². The van der Waals surface area contributed by atoms with Crippen molar-refractivity contribution < 1.29 is 4.74 Å². The molecule has 6 nitrogen and oxygen atoms in total. The van der Waals surface area contributed by atoms with Crippen LogP contribution in [0.1, 0.15) is 12.8 Å². The molecule has 1 aliphatic rings. The van der Waals surface area contributed by atoms with Crippen molar-refractivity contribution in [1.29, 1.82) is 0 Å². The first-order valence-electron chi connectivity index (χ1n) is 13.1. The summed E-state index contributed by atoms with van der Waals surface area (Å²) in [6, 6.07) is 24.9. The molecule has 0 bridgehead atoms. The number of nitrogens with one attached hydrogen (secondary N) is 1. The minimum Gasteiger partial charge on any atom is -0.476 e. The summed E-state index contributed by atoms with van der Waals surface area (Å²) in [5.41, 5.74) is 8.17. The van der Waals surface area contributed by atoms with Crippen LogP contribution in [0.15, 0.2) is 104 Å². The van der Waals surface area contributed by atoms with Crippen LogP contribution in [0.5, 0.6) is 5.88 Å². The van der Waals surface area contributed by atoms with Crippen molar-refractivity contribution in [3.63, 3.8) is 0 Å². The standard InChI is InChI=1S/C32H29N5O.ClH/c1-5-28(6-2-24(1)26-11-17-34-18-12-26)31-32(29-7-3-25(4-8-29)27-13-19-35-20-14-27)37-30(21-36-31)38-22-23-9-15-33-16-10-23;/h1-8,11-14,17-21,23,33H,9-10,15-16,22H2;1H. The summed E-state index contributed by atoms with van der Waals surface area (Å²) in [5, 5.41) is 3.41. The van der Waals surface area contributed by atoms with Gasteiger partial charge in [-0.25, -0.2) is 9.97 Å². The second-order valence-electron chi connectivity index (χ2n) is 9.54. The number of aromatic nitrogens is 4. The van der Waals surface area contributed by atoms with Gasteiger partial charge in [0.2, 0.25) is 5.88 Å². The lowest BCUT2D eigenvalue weighted by molar-refractivity contribution is 0.208. The summed E-state index contributed by atoms with van der Waals surface area (Å²) in [6.45, 7) is 2.75. The maximum Gasteiger partial charge on any atom is 0.232 e. The fraction of sp³-hybridized carbons (Fsp3) is 0.188. The predicted molar refractivity (Wildman–Crippen MR) is 158 cm³/mol. The first-order valence-corrected chi connectivity index (χ1v) is 13.1. The van der Waals surface area contributed by atoms with E-state index in [4.69, 9.17) is 14.7 Å². The van der Waals surface area contributed by atoms with Gasteiger partial charge in [-0.1, -0.05) is 48.5 Å². The summed E-state index contributed by atoms with van der Waals surface area (Å²) in [4.78, 5) is 18.1. The summed E-state index contributed by atoms with van der Waals surface area (Å²) in [6.07, 6.45) is 11.2. The number of rotatable bonds is 7. The molecule has 1 fully saturated rings. The maximum absolute atomic E-state index is 6.15. The highest BCUT2D eigenvalue weighted by atomic mass is 35.5. The van der Waals surface area contributed by atoms with Crippen molar-refractivity contribution >= 4 is 12.4 Å². The number of pyridine rings is 2. The summed E-state index contributed by atoms with van der Waals surface area (Å²) < 4.78 is 6.15. The van der Waals surface area contributed by atoms with E-state index in [-0.39, 0.29) is 12.4 Å². The number of benzene rings is 2. The third-order valence-electron chi connectivity index (χ3n) is 7.02. The summed E-state index contributed by atoms with van der Waals surface area (Å²) in [7, 11) is 0. The molecule has 4 heterocycles. The molecule has 0 atom stereocenters. The van der Waals surface area contributed by atoms with Crippen molar-refractivity contribution in [3.8, 4) is 50.6 Å². The molecule has 2 aromatic carbocycles. The van der Waals surface area contributed by atoms with E-state index in [2.05, 4.69) is 63.8 Å². The summed E-state index contributed by atoms with van der Waals surface area (Å²) in [5.74, 6) is 1.11. The van der Waals surface area contributed by atoms with Crippen molar-refractivity contribution in [1.82, 2.24) is 25.3 Å². The molecule has 0 spiro atoms. The zero-order valence-electron chi connectivity index (χ0n) is 21.5. The Morgan fingerprint density at radius 3 is 1.62 bits per heavy atom. The Bertz CT molecular complexity index is 1470. The van der Waals surface area contributed by atoms with Crippen LogP contribution in [0.4, 0.5) is 0 Å². The van der Waals surface area contributed by atoms with Gasteiger partial charge in [-0.3, -0.25) is 9.97 Å². The van der Waals surface area contributed by atoms with Gasteiger partial charge >= 0.3 is 0 Å². The number of hydrogen-bond donors (Lipinski definition) is 1. The Balaban J connectivity index is 0.00000308. The van der Waals surface area contributed by atoms with Gasteiger partial charge in [0.15, 0.2) is 0 Å². The highest BCUT2D eigenvalue weighted by Gasteiger charge is 2.17. The second kappa shape index (κ2) is 12.6. The average Bonchev–Trinajstić information content (AvgIpc) is 3.01.